The second-order valence-corrected chi connectivity index (χ2v) is 6.19. The largest absolute Gasteiger partial charge is 0.469 e. The number of carbonyl (C=O) groups excluding carboxylic acids is 2. The summed E-state index contributed by atoms with van der Waals surface area (Å²) in [5, 5.41) is 7.29. The van der Waals surface area contributed by atoms with Crippen LogP contribution in [0.5, 0.6) is 0 Å². The first-order valence-electron chi connectivity index (χ1n) is 7.43. The summed E-state index contributed by atoms with van der Waals surface area (Å²) in [5.74, 6) is -0.800. The molecule has 0 aliphatic rings. The minimum Gasteiger partial charge on any atom is -0.469 e. The molecule has 0 aliphatic carbocycles. The van der Waals surface area contributed by atoms with E-state index < -0.39 is 24.1 Å². The fraction of sp³-hybridized carbons (Fsp3) is 0.294. The molecule has 24 heavy (non-hydrogen) atoms. The molecule has 128 valence electrons. The van der Waals surface area contributed by atoms with Gasteiger partial charge in [-0.2, -0.15) is 0 Å². The number of hydrogen-bond acceptors (Lipinski definition) is 4. The van der Waals surface area contributed by atoms with E-state index in [2.05, 4.69) is 15.4 Å². The normalized spacial score (nSPS) is 13.0. The van der Waals surface area contributed by atoms with Gasteiger partial charge in [0.1, 0.15) is 5.82 Å². The molecule has 7 heteroatoms. The van der Waals surface area contributed by atoms with Crippen molar-refractivity contribution in [2.24, 2.45) is 0 Å². The molecule has 1 aromatic carbocycles. The van der Waals surface area contributed by atoms with Crippen LogP contribution >= 0.6 is 11.3 Å². The highest BCUT2D eigenvalue weighted by Gasteiger charge is 2.21. The molecular formula is C17H19FN2O3S. The maximum absolute atomic E-state index is 13.8. The SMILES string of the molecule is COC(=O)C[C@@H](NC(=O)N[C@H](C)c1ccccc1F)c1cccs1. The molecule has 1 aromatic heterocycles. The van der Waals surface area contributed by atoms with Crippen molar-refractivity contribution in [1.82, 2.24) is 10.6 Å². The highest BCUT2D eigenvalue weighted by atomic mass is 32.1. The Morgan fingerprint density at radius 3 is 2.58 bits per heavy atom. The number of urea groups is 1. The first kappa shape index (κ1) is 17.9. The van der Waals surface area contributed by atoms with Gasteiger partial charge in [0.05, 0.1) is 25.6 Å². The number of esters is 1. The third kappa shape index (κ3) is 4.79. The molecule has 0 saturated heterocycles. The summed E-state index contributed by atoms with van der Waals surface area (Å²) in [6.07, 6.45) is 0.0263. The van der Waals surface area contributed by atoms with Crippen molar-refractivity contribution in [2.75, 3.05) is 7.11 Å². The molecule has 2 amide bonds. The molecule has 1 heterocycles. The zero-order valence-corrected chi connectivity index (χ0v) is 14.2. The van der Waals surface area contributed by atoms with Crippen LogP contribution < -0.4 is 10.6 Å². The quantitative estimate of drug-likeness (QED) is 0.783. The zero-order valence-electron chi connectivity index (χ0n) is 13.4. The minimum absolute atomic E-state index is 0.0263. The number of thiophene rings is 1. The van der Waals surface area contributed by atoms with Crippen LogP contribution in [-0.2, 0) is 9.53 Å². The first-order chi connectivity index (χ1) is 11.5. The second kappa shape index (κ2) is 8.44. The molecule has 5 nitrogen and oxygen atoms in total. The van der Waals surface area contributed by atoms with Crippen molar-refractivity contribution in [3.8, 4) is 0 Å². The van der Waals surface area contributed by atoms with Gasteiger partial charge in [0.25, 0.3) is 0 Å². The van der Waals surface area contributed by atoms with Gasteiger partial charge >= 0.3 is 12.0 Å². The predicted molar refractivity (Wildman–Crippen MR) is 90.2 cm³/mol. The van der Waals surface area contributed by atoms with E-state index in [9.17, 15) is 14.0 Å². The summed E-state index contributed by atoms with van der Waals surface area (Å²) < 4.78 is 18.4. The average molecular weight is 350 g/mol. The number of benzene rings is 1. The van der Waals surface area contributed by atoms with Crippen LogP contribution in [0.4, 0.5) is 9.18 Å². The molecule has 0 aliphatic heterocycles. The van der Waals surface area contributed by atoms with Crippen LogP contribution in [0, 0.1) is 5.82 Å². The minimum atomic E-state index is -0.506. The average Bonchev–Trinajstić information content (AvgIpc) is 3.08. The van der Waals surface area contributed by atoms with Crippen LogP contribution in [0.2, 0.25) is 0 Å². The molecule has 0 spiro atoms. The number of hydrogen-bond donors (Lipinski definition) is 2. The summed E-state index contributed by atoms with van der Waals surface area (Å²) in [6, 6.07) is 8.45. The standard InChI is InChI=1S/C17H19FN2O3S/c1-11(12-6-3-4-7-13(12)18)19-17(22)20-14(10-16(21)23-2)15-8-5-9-24-15/h3-9,11,14H,10H2,1-2H3,(H2,19,20,22)/t11-,14-/m1/s1. The molecule has 2 atom stereocenters. The van der Waals surface area contributed by atoms with Crippen LogP contribution in [0.1, 0.15) is 35.9 Å². The van der Waals surface area contributed by atoms with Crippen molar-refractivity contribution < 1.29 is 18.7 Å². The Hall–Kier alpha value is -2.41. The molecule has 0 bridgehead atoms. The van der Waals surface area contributed by atoms with E-state index in [0.717, 1.165) is 4.88 Å². The maximum Gasteiger partial charge on any atom is 0.315 e. The third-order valence-electron chi connectivity index (χ3n) is 3.51. The smallest absolute Gasteiger partial charge is 0.315 e. The van der Waals surface area contributed by atoms with Gasteiger partial charge < -0.3 is 15.4 Å². The number of ether oxygens (including phenoxy) is 1. The Balaban J connectivity index is 2.02. The van der Waals surface area contributed by atoms with Crippen molar-refractivity contribution in [1.29, 1.82) is 0 Å². The van der Waals surface area contributed by atoms with E-state index in [-0.39, 0.29) is 12.2 Å². The van der Waals surface area contributed by atoms with Crippen molar-refractivity contribution in [3.05, 3.63) is 58.0 Å². The van der Waals surface area contributed by atoms with Gasteiger partial charge in [0, 0.05) is 10.4 Å². The van der Waals surface area contributed by atoms with E-state index in [1.807, 2.05) is 17.5 Å². The monoisotopic (exact) mass is 350 g/mol. The first-order valence-corrected chi connectivity index (χ1v) is 8.31. The summed E-state index contributed by atoms with van der Waals surface area (Å²) in [5.41, 5.74) is 0.397. The number of halogens is 1. The maximum atomic E-state index is 13.8. The van der Waals surface area contributed by atoms with Crippen LogP contribution in [0.3, 0.4) is 0 Å². The van der Waals surface area contributed by atoms with E-state index in [1.165, 1.54) is 24.5 Å². The topological polar surface area (TPSA) is 67.4 Å². The van der Waals surface area contributed by atoms with Crippen molar-refractivity contribution in [2.45, 2.75) is 25.4 Å². The molecule has 0 unspecified atom stereocenters. The summed E-state index contributed by atoms with van der Waals surface area (Å²) >= 11 is 1.43. The summed E-state index contributed by atoms with van der Waals surface area (Å²) in [6.45, 7) is 1.69. The van der Waals surface area contributed by atoms with Gasteiger partial charge in [-0.3, -0.25) is 4.79 Å². The molecule has 2 N–H and O–H groups in total. The van der Waals surface area contributed by atoms with Gasteiger partial charge in [-0.05, 0) is 24.4 Å². The Labute approximate surface area is 143 Å². The van der Waals surface area contributed by atoms with Gasteiger partial charge in [0.2, 0.25) is 0 Å². The summed E-state index contributed by atoms with van der Waals surface area (Å²) in [4.78, 5) is 24.6. The Morgan fingerprint density at radius 2 is 1.96 bits per heavy atom. The number of carbonyl (C=O) groups is 2. The molecule has 0 saturated carbocycles. The molecule has 2 rings (SSSR count). The van der Waals surface area contributed by atoms with Gasteiger partial charge in [-0.25, -0.2) is 9.18 Å². The van der Waals surface area contributed by atoms with E-state index in [0.29, 0.717) is 5.56 Å². The Morgan fingerprint density at radius 1 is 1.21 bits per heavy atom. The Bertz CT molecular complexity index is 691. The van der Waals surface area contributed by atoms with Gasteiger partial charge in [-0.1, -0.05) is 24.3 Å². The molecular weight excluding hydrogens is 331 g/mol. The van der Waals surface area contributed by atoms with E-state index in [4.69, 9.17) is 0 Å². The van der Waals surface area contributed by atoms with Crippen molar-refractivity contribution in [3.63, 3.8) is 0 Å². The third-order valence-corrected chi connectivity index (χ3v) is 4.50. The number of amides is 2. The lowest BCUT2D eigenvalue weighted by Gasteiger charge is -2.20. The van der Waals surface area contributed by atoms with E-state index >= 15 is 0 Å². The van der Waals surface area contributed by atoms with E-state index in [1.54, 1.807) is 25.1 Å². The predicted octanol–water partition coefficient (Wildman–Crippen LogP) is 3.55. The fourth-order valence-electron chi connectivity index (χ4n) is 2.26. The number of methoxy groups -OCH3 is 1. The zero-order chi connectivity index (χ0) is 17.5. The lowest BCUT2D eigenvalue weighted by Crippen LogP contribution is -2.40. The van der Waals surface area contributed by atoms with Crippen LogP contribution in [0.15, 0.2) is 41.8 Å². The van der Waals surface area contributed by atoms with Crippen LogP contribution in [-0.4, -0.2) is 19.1 Å². The molecule has 0 fully saturated rings. The second-order valence-electron chi connectivity index (χ2n) is 5.21. The van der Waals surface area contributed by atoms with Gasteiger partial charge in [0.15, 0.2) is 0 Å². The molecule has 0 radical (unpaired) electrons. The summed E-state index contributed by atoms with van der Waals surface area (Å²) in [7, 11) is 1.30. The van der Waals surface area contributed by atoms with Crippen LogP contribution in [0.25, 0.3) is 0 Å². The molecule has 2 aromatic rings. The van der Waals surface area contributed by atoms with Crippen molar-refractivity contribution >= 4 is 23.3 Å². The highest BCUT2D eigenvalue weighted by molar-refractivity contribution is 7.10. The highest BCUT2D eigenvalue weighted by Crippen LogP contribution is 2.23. The Kier molecular flexibility index (Phi) is 6.31. The lowest BCUT2D eigenvalue weighted by atomic mass is 10.1. The fourth-order valence-corrected chi connectivity index (χ4v) is 3.04. The number of nitrogens with one attached hydrogen (secondary N) is 2. The number of rotatable bonds is 6. The van der Waals surface area contributed by atoms with Gasteiger partial charge in [-0.15, -0.1) is 11.3 Å². The lowest BCUT2D eigenvalue weighted by molar-refractivity contribution is -0.141.